The molecule has 2 saturated heterocycles. The molecule has 62 heavy (non-hydrogen) atoms. The molecule has 4 aromatic rings. The Kier molecular flexibility index (Phi) is 11.3. The summed E-state index contributed by atoms with van der Waals surface area (Å²) in [4.78, 5) is 43.3. The largest absolute Gasteiger partial charge is 0.468 e. The summed E-state index contributed by atoms with van der Waals surface area (Å²) in [5.74, 6) is 2.91. The van der Waals surface area contributed by atoms with Crippen LogP contribution in [-0.2, 0) is 14.3 Å². The Labute approximate surface area is 364 Å². The zero-order valence-electron chi connectivity index (χ0n) is 37.7. The number of aldehydes is 1. The monoisotopic (exact) mass is 867 g/mol. The number of rotatable bonds is 12. The summed E-state index contributed by atoms with van der Waals surface area (Å²) in [6.45, 7) is 19.9. The molecule has 5 fully saturated rings. The van der Waals surface area contributed by atoms with Gasteiger partial charge in [0.05, 0.1) is 29.6 Å². The first-order valence-electron chi connectivity index (χ1n) is 22.0. The molecule has 14 heteroatoms. The SMILES string of the molecule is COCOc1cc(-c2ncc3c(N4CC5CCC(C4)N5C(=O)OC(C)(C)C)nc(OCC45CC(C=O)(C4)C5)nc3c2F)c2c(C#C[Si](C(C)C)(C(C)C)C(C)C)c(F)ccc2c1. The Hall–Kier alpha value is -4.87. The maximum atomic E-state index is 17.7. The van der Waals surface area contributed by atoms with Crippen LogP contribution in [0, 0.1) is 33.9 Å². The van der Waals surface area contributed by atoms with E-state index >= 15 is 8.78 Å². The molecule has 330 valence electrons. The van der Waals surface area contributed by atoms with Crippen LogP contribution < -0.4 is 14.4 Å². The van der Waals surface area contributed by atoms with Crippen LogP contribution in [0.15, 0.2) is 30.5 Å². The number of benzene rings is 2. The summed E-state index contributed by atoms with van der Waals surface area (Å²) in [6.07, 6.45) is 6.08. The average molecular weight is 868 g/mol. The molecule has 4 bridgehead atoms. The molecule has 2 atom stereocenters. The van der Waals surface area contributed by atoms with Crippen molar-refractivity contribution >= 4 is 47.9 Å². The number of carbonyl (C=O) groups excluding carboxylic acids is 2. The second-order valence-corrected chi connectivity index (χ2v) is 25.8. The smallest absolute Gasteiger partial charge is 0.410 e. The number of pyridine rings is 1. The highest BCUT2D eigenvalue weighted by Gasteiger charge is 2.68. The topological polar surface area (TPSA) is 116 Å². The summed E-state index contributed by atoms with van der Waals surface area (Å²) in [7, 11) is -0.801. The second kappa shape index (κ2) is 16.0. The van der Waals surface area contributed by atoms with Crippen LogP contribution in [0.5, 0.6) is 11.8 Å². The highest BCUT2D eigenvalue weighted by molar-refractivity contribution is 6.90. The van der Waals surface area contributed by atoms with Crippen molar-refractivity contribution in [1.82, 2.24) is 19.9 Å². The predicted molar refractivity (Wildman–Crippen MR) is 238 cm³/mol. The van der Waals surface area contributed by atoms with Gasteiger partial charge in [0.25, 0.3) is 0 Å². The first-order valence-corrected chi connectivity index (χ1v) is 24.2. The molecule has 3 saturated carbocycles. The van der Waals surface area contributed by atoms with Crippen molar-refractivity contribution in [3.8, 4) is 34.5 Å². The van der Waals surface area contributed by atoms with E-state index in [1.165, 1.54) is 13.2 Å². The number of piperazine rings is 1. The van der Waals surface area contributed by atoms with E-state index in [4.69, 9.17) is 33.9 Å². The van der Waals surface area contributed by atoms with Crippen LogP contribution in [0.1, 0.15) is 100.0 Å². The van der Waals surface area contributed by atoms with Crippen LogP contribution in [0.25, 0.3) is 32.9 Å². The maximum Gasteiger partial charge on any atom is 0.410 e. The normalized spacial score (nSPS) is 23.1. The van der Waals surface area contributed by atoms with Crippen LogP contribution >= 0.6 is 0 Å². The fourth-order valence-corrected chi connectivity index (χ4v) is 16.5. The number of hydrogen-bond acceptors (Lipinski definition) is 10. The Bertz CT molecular complexity index is 2440. The van der Waals surface area contributed by atoms with E-state index in [0.29, 0.717) is 69.6 Å². The number of hydrogen-bond donors (Lipinski definition) is 0. The molecular weight excluding hydrogens is 809 g/mol. The molecule has 2 aliphatic heterocycles. The van der Waals surface area contributed by atoms with E-state index in [0.717, 1.165) is 38.4 Å². The van der Waals surface area contributed by atoms with Gasteiger partial charge in [0.2, 0.25) is 0 Å². The standard InChI is InChI=1S/C48H59F2N5O6Si/c1-28(2)62(29(3)4,30(5)6)16-15-35-38(49)14-11-31-17-34(60-27-58-10)18-36(39(31)35)41-40(50)42-37(19-51-41)43(53-44(52-42)59-26-48-22-47(23-48,24-48)25-56)54-20-32-12-13-33(21-54)55(32)45(57)61-46(7,8)9/h11,14,17-19,25,28-30,32-33H,12-13,20-24,26-27H2,1-10H3. The first kappa shape index (κ1) is 43.8. The van der Waals surface area contributed by atoms with Gasteiger partial charge in [0.15, 0.2) is 12.6 Å². The summed E-state index contributed by atoms with van der Waals surface area (Å²) in [6, 6.07) is 6.19. The van der Waals surface area contributed by atoms with E-state index in [1.54, 1.807) is 24.4 Å². The molecule has 2 aromatic carbocycles. The lowest BCUT2D eigenvalue weighted by Crippen LogP contribution is -2.64. The third-order valence-corrected chi connectivity index (χ3v) is 20.2. The third-order valence-electron chi connectivity index (χ3n) is 13.9. The van der Waals surface area contributed by atoms with E-state index < -0.39 is 25.3 Å². The molecule has 5 aliphatic rings. The Morgan fingerprint density at radius 3 is 2.24 bits per heavy atom. The molecule has 0 spiro atoms. The van der Waals surface area contributed by atoms with Gasteiger partial charge in [-0.3, -0.25) is 9.88 Å². The van der Waals surface area contributed by atoms with Gasteiger partial charge in [0, 0.05) is 48.2 Å². The molecule has 2 aromatic heterocycles. The molecule has 2 unspecified atom stereocenters. The molecule has 9 rings (SSSR count). The lowest BCUT2D eigenvalue weighted by Gasteiger charge is -2.67. The van der Waals surface area contributed by atoms with Crippen molar-refractivity contribution in [2.45, 2.75) is 129 Å². The number of carbonyl (C=O) groups is 2. The van der Waals surface area contributed by atoms with Crippen molar-refractivity contribution in [2.75, 3.05) is 38.5 Å². The Morgan fingerprint density at radius 2 is 1.65 bits per heavy atom. The number of nitrogens with zero attached hydrogens (tertiary/aromatic N) is 5. The van der Waals surface area contributed by atoms with Gasteiger partial charge in [0.1, 0.15) is 48.6 Å². The number of amides is 1. The highest BCUT2D eigenvalue weighted by Crippen LogP contribution is 2.72. The minimum absolute atomic E-state index is 0.00679. The van der Waals surface area contributed by atoms with Crippen LogP contribution in [0.4, 0.5) is 19.4 Å². The van der Waals surface area contributed by atoms with Crippen molar-refractivity contribution in [2.24, 2.45) is 10.8 Å². The van der Waals surface area contributed by atoms with Gasteiger partial charge in [-0.15, -0.1) is 5.54 Å². The number of aromatic nitrogens is 3. The number of fused-ring (bicyclic) bond motifs is 4. The molecule has 11 nitrogen and oxygen atoms in total. The van der Waals surface area contributed by atoms with Gasteiger partial charge in [-0.1, -0.05) is 53.5 Å². The van der Waals surface area contributed by atoms with Crippen molar-refractivity contribution in [1.29, 1.82) is 0 Å². The zero-order valence-corrected chi connectivity index (χ0v) is 38.7. The summed E-state index contributed by atoms with van der Waals surface area (Å²) >= 11 is 0. The first-order chi connectivity index (χ1) is 29.3. The van der Waals surface area contributed by atoms with Gasteiger partial charge in [-0.05, 0) is 93.1 Å². The minimum atomic E-state index is -2.31. The van der Waals surface area contributed by atoms with E-state index in [1.807, 2.05) is 25.7 Å². The molecular formula is C48H59F2N5O6Si. The zero-order chi connectivity index (χ0) is 44.5. The van der Waals surface area contributed by atoms with E-state index in [9.17, 15) is 9.59 Å². The molecule has 0 radical (unpaired) electrons. The fourth-order valence-electron chi connectivity index (χ4n) is 11.3. The predicted octanol–water partition coefficient (Wildman–Crippen LogP) is 10.0. The lowest BCUT2D eigenvalue weighted by molar-refractivity contribution is -0.205. The van der Waals surface area contributed by atoms with Gasteiger partial charge >= 0.3 is 12.1 Å². The molecule has 4 heterocycles. The van der Waals surface area contributed by atoms with Gasteiger partial charge in [-0.2, -0.15) is 9.97 Å². The fraction of sp³-hybridized carbons (Fsp3) is 0.562. The van der Waals surface area contributed by atoms with Crippen molar-refractivity contribution in [3.05, 3.63) is 47.7 Å². The van der Waals surface area contributed by atoms with Gasteiger partial charge in [-0.25, -0.2) is 13.6 Å². The van der Waals surface area contributed by atoms with Crippen LogP contribution in [0.2, 0.25) is 16.6 Å². The second-order valence-electron chi connectivity index (χ2n) is 20.2. The Morgan fingerprint density at radius 1 is 0.984 bits per heavy atom. The van der Waals surface area contributed by atoms with E-state index in [2.05, 4.69) is 57.9 Å². The Balaban J connectivity index is 1.27. The van der Waals surface area contributed by atoms with Crippen molar-refractivity contribution in [3.63, 3.8) is 0 Å². The summed E-state index contributed by atoms with van der Waals surface area (Å²) in [5.41, 5.74) is 3.96. The van der Waals surface area contributed by atoms with E-state index in [-0.39, 0.29) is 58.6 Å². The highest BCUT2D eigenvalue weighted by atomic mass is 28.3. The average Bonchev–Trinajstić information content (AvgIpc) is 3.45. The van der Waals surface area contributed by atoms with Gasteiger partial charge < -0.3 is 28.6 Å². The summed E-state index contributed by atoms with van der Waals surface area (Å²) < 4.78 is 57.3. The molecule has 1 amide bonds. The van der Waals surface area contributed by atoms with Crippen LogP contribution in [0.3, 0.4) is 0 Å². The maximum absolute atomic E-state index is 17.7. The molecule has 0 N–H and O–H groups in total. The third kappa shape index (κ3) is 7.56. The number of halogens is 2. The minimum Gasteiger partial charge on any atom is -0.468 e. The number of methoxy groups -OCH3 is 1. The summed E-state index contributed by atoms with van der Waals surface area (Å²) in [5, 5.41) is 1.39. The van der Waals surface area contributed by atoms with Crippen molar-refractivity contribution < 1.29 is 37.3 Å². The lowest BCUT2D eigenvalue weighted by atomic mass is 9.36. The van der Waals surface area contributed by atoms with Crippen LogP contribution in [-0.4, -0.2) is 91.6 Å². The molecule has 3 aliphatic carbocycles. The number of anilines is 1. The quantitative estimate of drug-likeness (QED) is 0.0590. The number of ether oxygens (including phenoxy) is 4.